The Kier molecular flexibility index (Phi) is 10.1. The van der Waals surface area contributed by atoms with Gasteiger partial charge in [-0.2, -0.15) is 24.0 Å². The number of benzene rings is 1. The number of hydrogen-bond acceptors (Lipinski definition) is 18. The zero-order valence-corrected chi connectivity index (χ0v) is 33.7. The first kappa shape index (κ1) is 38.4. The van der Waals surface area contributed by atoms with E-state index in [9.17, 15) is 0 Å². The van der Waals surface area contributed by atoms with Gasteiger partial charge in [-0.1, -0.05) is 12.1 Å². The summed E-state index contributed by atoms with van der Waals surface area (Å²) >= 11 is 0. The predicted octanol–water partition coefficient (Wildman–Crippen LogP) is 3.44. The van der Waals surface area contributed by atoms with Gasteiger partial charge in [0.2, 0.25) is 17.6 Å². The van der Waals surface area contributed by atoms with E-state index in [4.69, 9.17) is 60.5 Å². The maximum Gasteiger partial charge on any atom is 0.256 e. The number of rotatable bonds is 14. The number of aromatic nitrogens is 10. The number of nitrogens with two attached hydrogens (primary N) is 2. The molecule has 2 aliphatic heterocycles. The minimum Gasteiger partial charge on any atom is -0.496 e. The molecule has 0 bridgehead atoms. The number of nitrogens with zero attached hydrogens (tertiary/aromatic N) is 13. The average molecular weight is 835 g/mol. The number of nitrogen functional groups attached to an aromatic ring is 1. The quantitative estimate of drug-likeness (QED) is 0.0776. The maximum absolute atomic E-state index is 8.44. The topological polar surface area (TPSA) is 266 Å². The second-order valence-electron chi connectivity index (χ2n) is 14.8. The van der Waals surface area contributed by atoms with Gasteiger partial charge in [-0.3, -0.25) is 9.80 Å². The van der Waals surface area contributed by atoms with E-state index < -0.39 is 0 Å². The first-order chi connectivity index (χ1) is 30.4. The Morgan fingerprint density at radius 1 is 0.855 bits per heavy atom. The van der Waals surface area contributed by atoms with Crippen LogP contribution in [0.25, 0.3) is 34.5 Å². The molecule has 0 aliphatic carbocycles. The highest BCUT2D eigenvalue weighted by Gasteiger charge is 2.26. The van der Waals surface area contributed by atoms with Crippen molar-refractivity contribution < 1.29 is 13.6 Å². The summed E-state index contributed by atoms with van der Waals surface area (Å²) in [5.74, 6) is 3.21. The Bertz CT molecular complexity index is 2940. The van der Waals surface area contributed by atoms with Gasteiger partial charge in [0.25, 0.3) is 5.95 Å². The smallest absolute Gasteiger partial charge is 0.256 e. The molecule has 0 unspecified atom stereocenters. The van der Waals surface area contributed by atoms with Crippen LogP contribution in [0.1, 0.15) is 33.5 Å². The van der Waals surface area contributed by atoms with Gasteiger partial charge in [0, 0.05) is 82.4 Å². The summed E-state index contributed by atoms with van der Waals surface area (Å²) in [6.07, 6.45) is 9.44. The molecule has 8 aromatic rings. The fourth-order valence-electron chi connectivity index (χ4n) is 7.98. The zero-order valence-electron chi connectivity index (χ0n) is 33.7. The Hall–Kier alpha value is -7.78. The minimum absolute atomic E-state index is 0.00556. The first-order valence-electron chi connectivity index (χ1n) is 20.1. The molecule has 21 nitrogen and oxygen atoms in total. The highest BCUT2D eigenvalue weighted by molar-refractivity contribution is 6.08. The van der Waals surface area contributed by atoms with Gasteiger partial charge in [0.1, 0.15) is 35.1 Å². The molecule has 0 spiro atoms. The monoisotopic (exact) mass is 834 g/mol. The molecule has 10 rings (SSSR count). The van der Waals surface area contributed by atoms with Crippen molar-refractivity contribution in [2.45, 2.75) is 25.9 Å². The zero-order chi connectivity index (χ0) is 42.2. The van der Waals surface area contributed by atoms with Crippen LogP contribution in [-0.2, 0) is 25.9 Å². The Morgan fingerprint density at radius 3 is 2.29 bits per heavy atom. The fourth-order valence-corrected chi connectivity index (χ4v) is 7.98. The molecule has 0 radical (unpaired) electrons. The molecule has 0 saturated carbocycles. The second kappa shape index (κ2) is 16.3. The third-order valence-electron chi connectivity index (χ3n) is 11.0. The molecule has 1 aromatic carbocycles. The number of furan rings is 2. The lowest BCUT2D eigenvalue weighted by atomic mass is 9.99. The van der Waals surface area contributed by atoms with Crippen LogP contribution in [0.15, 0.2) is 81.3 Å². The van der Waals surface area contributed by atoms with Gasteiger partial charge in [0.15, 0.2) is 22.8 Å². The van der Waals surface area contributed by atoms with Crippen LogP contribution < -0.4 is 26.8 Å². The molecule has 62 heavy (non-hydrogen) atoms. The number of ether oxygens (including phenoxy) is 1. The van der Waals surface area contributed by atoms with Crippen LogP contribution in [0, 0.1) is 5.41 Å². The van der Waals surface area contributed by atoms with E-state index in [0.29, 0.717) is 71.8 Å². The predicted molar refractivity (Wildman–Crippen MR) is 230 cm³/mol. The lowest BCUT2D eigenvalue weighted by Gasteiger charge is -2.29. The summed E-state index contributed by atoms with van der Waals surface area (Å²) in [5, 5.41) is 24.7. The number of anilines is 3. The molecule has 314 valence electrons. The number of fused-ring (bicyclic) bond motifs is 4. The molecule has 0 atom stereocenters. The Balaban J connectivity index is 1.00. The van der Waals surface area contributed by atoms with Crippen LogP contribution in [0.3, 0.4) is 0 Å². The molecule has 7 aromatic heterocycles. The second-order valence-corrected chi connectivity index (χ2v) is 14.8. The number of nitrogens with one attached hydrogen (secondary N) is 3. The van der Waals surface area contributed by atoms with Crippen molar-refractivity contribution in [3.63, 3.8) is 0 Å². The average Bonchev–Trinajstić information content (AvgIpc) is 4.14. The Morgan fingerprint density at radius 2 is 1.56 bits per heavy atom. The van der Waals surface area contributed by atoms with E-state index in [1.165, 1.54) is 38.9 Å². The van der Waals surface area contributed by atoms with E-state index in [2.05, 4.69) is 41.6 Å². The van der Waals surface area contributed by atoms with Crippen LogP contribution >= 0.6 is 0 Å². The summed E-state index contributed by atoms with van der Waals surface area (Å²) in [6.45, 7) is 5.61. The summed E-state index contributed by atoms with van der Waals surface area (Å²) in [7, 11) is 1.71. The van der Waals surface area contributed by atoms with E-state index in [1.807, 2.05) is 18.3 Å². The lowest BCUT2D eigenvalue weighted by molar-refractivity contribution is 0.260. The summed E-state index contributed by atoms with van der Waals surface area (Å²) in [6, 6.07) is 13.2. The van der Waals surface area contributed by atoms with Crippen LogP contribution in [0.5, 0.6) is 5.75 Å². The molecule has 0 saturated heterocycles. The van der Waals surface area contributed by atoms with Crippen molar-refractivity contribution in [1.82, 2.24) is 58.9 Å². The lowest BCUT2D eigenvalue weighted by Crippen LogP contribution is -2.35. The van der Waals surface area contributed by atoms with Crippen molar-refractivity contribution in [3.8, 4) is 28.9 Å². The number of methoxy groups -OCH3 is 1. The maximum atomic E-state index is 8.44. The van der Waals surface area contributed by atoms with Crippen LogP contribution in [0.2, 0.25) is 0 Å². The molecule has 21 heteroatoms. The third-order valence-corrected chi connectivity index (χ3v) is 11.0. The van der Waals surface area contributed by atoms with Gasteiger partial charge < -0.3 is 41.1 Å². The van der Waals surface area contributed by atoms with Gasteiger partial charge in [-0.25, -0.2) is 19.9 Å². The van der Waals surface area contributed by atoms with E-state index in [1.54, 1.807) is 37.7 Å². The number of amidine groups is 1. The van der Waals surface area contributed by atoms with Crippen molar-refractivity contribution in [2.75, 3.05) is 62.7 Å². The fraction of sp³-hybridized carbons (Fsp3) is 0.268. The molecule has 7 N–H and O–H groups in total. The Labute approximate surface area is 353 Å². The van der Waals surface area contributed by atoms with Crippen molar-refractivity contribution in [3.05, 3.63) is 101 Å². The SMILES string of the molecule is COc1cccc2c1CCN(CCNc1nc(N)n3nc(-c4ccco4)nc3c1/C(N)=N/c1nc(NCCN3CCc4ncncc4C3)c(C=N)c3nc(-c4ccco4)nn13)C2. The van der Waals surface area contributed by atoms with E-state index in [-0.39, 0.29) is 29.4 Å². The molecule has 9 heterocycles. The number of hydrogen-bond donors (Lipinski definition) is 5. The van der Waals surface area contributed by atoms with Crippen molar-refractivity contribution >= 4 is 46.9 Å². The molecule has 0 fully saturated rings. The van der Waals surface area contributed by atoms with E-state index >= 15 is 0 Å². The van der Waals surface area contributed by atoms with Gasteiger partial charge in [-0.05, 0) is 47.9 Å². The molecular weight excluding hydrogens is 793 g/mol. The van der Waals surface area contributed by atoms with Crippen molar-refractivity contribution in [2.24, 2.45) is 10.7 Å². The highest BCUT2D eigenvalue weighted by atomic mass is 16.5. The van der Waals surface area contributed by atoms with Crippen molar-refractivity contribution in [1.29, 1.82) is 5.41 Å². The normalized spacial score (nSPS) is 14.6. The molecular formula is C41H42N18O3. The van der Waals surface area contributed by atoms with Crippen LogP contribution in [0.4, 0.5) is 23.5 Å². The van der Waals surface area contributed by atoms with E-state index in [0.717, 1.165) is 56.0 Å². The van der Waals surface area contributed by atoms with Gasteiger partial charge in [-0.15, -0.1) is 10.2 Å². The minimum atomic E-state index is -0.00556. The largest absolute Gasteiger partial charge is 0.496 e. The number of aliphatic imine (C=N–C) groups is 1. The van der Waals surface area contributed by atoms with Gasteiger partial charge >= 0.3 is 0 Å². The van der Waals surface area contributed by atoms with Crippen LogP contribution in [-0.4, -0.2) is 117 Å². The standard InChI is InChI=1S/C41H42N18O3/c1-60-29-6-2-5-24-21-56(13-9-26(24)29)16-12-47-37-32(39-51-36(31-8-4-18-62-31)54-58(39)40(44)52-37)33(43)49-41-53-34(46-11-15-57-14-10-28-25(22-57)20-45-23-48-28)27(19-42)38-50-35(55-59(38)41)30-7-3-17-61-30/h2-8,17-20,23,42,46-47H,9-16,21-22H2,1H3,(H2,44,52)(H2,43,49,53). The first-order valence-corrected chi connectivity index (χ1v) is 20.1. The van der Waals surface area contributed by atoms with Gasteiger partial charge in [0.05, 0.1) is 25.2 Å². The summed E-state index contributed by atoms with van der Waals surface area (Å²) in [4.78, 5) is 37.4. The molecule has 2 aliphatic rings. The summed E-state index contributed by atoms with van der Waals surface area (Å²) < 4.78 is 19.7. The summed E-state index contributed by atoms with van der Waals surface area (Å²) in [5.41, 5.74) is 19.6. The highest BCUT2D eigenvalue weighted by Crippen LogP contribution is 2.30. The third kappa shape index (κ3) is 7.28. The molecule has 0 amide bonds.